The first-order chi connectivity index (χ1) is 10.9. The van der Waals surface area contributed by atoms with Crippen LogP contribution in [-0.4, -0.2) is 17.0 Å². The van der Waals surface area contributed by atoms with Gasteiger partial charge in [-0.3, -0.25) is 4.79 Å². The van der Waals surface area contributed by atoms with Gasteiger partial charge in [-0.15, -0.1) is 0 Å². The molecule has 0 fully saturated rings. The Bertz CT molecular complexity index is 792. The second-order valence-corrected chi connectivity index (χ2v) is 4.95. The molecule has 0 heterocycles. The van der Waals surface area contributed by atoms with Gasteiger partial charge in [0.2, 0.25) is 0 Å². The summed E-state index contributed by atoms with van der Waals surface area (Å²) >= 11 is 0. The van der Waals surface area contributed by atoms with Crippen molar-refractivity contribution in [1.82, 2.24) is 0 Å². The lowest BCUT2D eigenvalue weighted by atomic mass is 9.98. The van der Waals surface area contributed by atoms with Crippen LogP contribution in [0.2, 0.25) is 0 Å². The molecule has 0 atom stereocenters. The number of benzene rings is 2. The van der Waals surface area contributed by atoms with Gasteiger partial charge in [-0.1, -0.05) is 18.2 Å². The van der Waals surface area contributed by atoms with Crippen molar-refractivity contribution in [3.63, 3.8) is 0 Å². The predicted octanol–water partition coefficient (Wildman–Crippen LogP) is 2.40. The molecule has 118 valence electrons. The molecule has 6 heteroatoms. The van der Waals surface area contributed by atoms with E-state index in [0.29, 0.717) is 22.3 Å². The van der Waals surface area contributed by atoms with Crippen molar-refractivity contribution < 1.29 is 14.3 Å². The first-order valence-corrected chi connectivity index (χ1v) is 6.78. The SMILES string of the molecule is CC(=Cc1ccc(F)cc1-c1ccc(O)cc1)C(=O)N=C(N)N. The summed E-state index contributed by atoms with van der Waals surface area (Å²) in [5.41, 5.74) is 12.6. The minimum atomic E-state index is -0.564. The molecular formula is C17H16FN3O2. The molecule has 0 aliphatic carbocycles. The number of carbonyl (C=O) groups is 1. The lowest BCUT2D eigenvalue weighted by Gasteiger charge is -2.08. The van der Waals surface area contributed by atoms with Crippen LogP contribution < -0.4 is 11.5 Å². The van der Waals surface area contributed by atoms with E-state index in [-0.39, 0.29) is 11.7 Å². The van der Waals surface area contributed by atoms with Crippen molar-refractivity contribution >= 4 is 17.9 Å². The molecule has 0 aliphatic heterocycles. The van der Waals surface area contributed by atoms with Crippen molar-refractivity contribution in [3.8, 4) is 16.9 Å². The zero-order valence-corrected chi connectivity index (χ0v) is 12.5. The average molecular weight is 313 g/mol. The summed E-state index contributed by atoms with van der Waals surface area (Å²) in [5.74, 6) is -1.17. The minimum Gasteiger partial charge on any atom is -0.508 e. The Kier molecular flexibility index (Phi) is 4.75. The Labute approximate surface area is 132 Å². The monoisotopic (exact) mass is 313 g/mol. The maximum absolute atomic E-state index is 13.6. The van der Waals surface area contributed by atoms with Crippen molar-refractivity contribution in [2.75, 3.05) is 0 Å². The van der Waals surface area contributed by atoms with Crippen LogP contribution in [-0.2, 0) is 4.79 Å². The molecule has 2 aromatic rings. The normalized spacial score (nSPS) is 11.1. The van der Waals surface area contributed by atoms with Crippen molar-refractivity contribution in [1.29, 1.82) is 0 Å². The molecule has 2 rings (SSSR count). The number of hydrogen-bond acceptors (Lipinski definition) is 2. The van der Waals surface area contributed by atoms with Crippen LogP contribution >= 0.6 is 0 Å². The topological polar surface area (TPSA) is 102 Å². The Morgan fingerprint density at radius 2 is 1.83 bits per heavy atom. The fourth-order valence-electron chi connectivity index (χ4n) is 2.05. The molecule has 1 amide bonds. The number of halogens is 1. The molecule has 0 aliphatic rings. The van der Waals surface area contributed by atoms with Gasteiger partial charge in [-0.2, -0.15) is 4.99 Å². The number of phenolic OH excluding ortho intramolecular Hbond substituents is 1. The van der Waals surface area contributed by atoms with E-state index in [2.05, 4.69) is 4.99 Å². The third kappa shape index (κ3) is 4.16. The quantitative estimate of drug-likeness (QED) is 0.460. The zero-order valence-electron chi connectivity index (χ0n) is 12.5. The standard InChI is InChI=1S/C17H16FN3O2/c1-10(16(23)21-17(19)20)8-12-2-5-13(18)9-15(12)11-3-6-14(22)7-4-11/h2-9,22H,1H3,(H4,19,20,21,23). The largest absolute Gasteiger partial charge is 0.508 e. The van der Waals surface area contributed by atoms with E-state index in [1.54, 1.807) is 31.2 Å². The van der Waals surface area contributed by atoms with Crippen LogP contribution in [0.15, 0.2) is 53.0 Å². The maximum Gasteiger partial charge on any atom is 0.275 e. The van der Waals surface area contributed by atoms with E-state index >= 15 is 0 Å². The van der Waals surface area contributed by atoms with E-state index in [9.17, 15) is 14.3 Å². The molecule has 0 bridgehead atoms. The van der Waals surface area contributed by atoms with Crippen LogP contribution in [0.5, 0.6) is 5.75 Å². The van der Waals surface area contributed by atoms with Crippen LogP contribution in [0.25, 0.3) is 17.2 Å². The molecule has 0 radical (unpaired) electrons. The highest BCUT2D eigenvalue weighted by molar-refractivity contribution is 6.04. The van der Waals surface area contributed by atoms with Crippen molar-refractivity contribution in [2.24, 2.45) is 16.5 Å². The van der Waals surface area contributed by atoms with Gasteiger partial charge in [0.05, 0.1) is 0 Å². The molecule has 2 aromatic carbocycles. The fourth-order valence-corrected chi connectivity index (χ4v) is 2.05. The predicted molar refractivity (Wildman–Crippen MR) is 88.0 cm³/mol. The molecule has 0 aromatic heterocycles. The fraction of sp³-hybridized carbons (Fsp3) is 0.0588. The van der Waals surface area contributed by atoms with Gasteiger partial charge in [0.1, 0.15) is 11.6 Å². The second-order valence-electron chi connectivity index (χ2n) is 4.95. The maximum atomic E-state index is 13.6. The summed E-state index contributed by atoms with van der Waals surface area (Å²) < 4.78 is 13.6. The number of guanidine groups is 1. The average Bonchev–Trinajstić information content (AvgIpc) is 2.49. The van der Waals surface area contributed by atoms with Gasteiger partial charge < -0.3 is 16.6 Å². The van der Waals surface area contributed by atoms with Gasteiger partial charge in [0, 0.05) is 5.57 Å². The zero-order chi connectivity index (χ0) is 17.0. The smallest absolute Gasteiger partial charge is 0.275 e. The molecule has 23 heavy (non-hydrogen) atoms. The van der Waals surface area contributed by atoms with Crippen LogP contribution in [0, 0.1) is 5.82 Å². The number of carbonyl (C=O) groups excluding carboxylic acids is 1. The number of nitrogens with zero attached hydrogens (tertiary/aromatic N) is 1. The van der Waals surface area contributed by atoms with E-state index < -0.39 is 11.7 Å². The number of aliphatic imine (C=N–C) groups is 1. The number of phenols is 1. The van der Waals surface area contributed by atoms with Crippen LogP contribution in [0.4, 0.5) is 4.39 Å². The molecule has 0 saturated carbocycles. The van der Waals surface area contributed by atoms with Gasteiger partial charge in [0.15, 0.2) is 5.96 Å². The first kappa shape index (κ1) is 16.2. The Morgan fingerprint density at radius 1 is 1.17 bits per heavy atom. The van der Waals surface area contributed by atoms with E-state index in [0.717, 1.165) is 0 Å². The molecule has 5 nitrogen and oxygen atoms in total. The number of nitrogens with two attached hydrogens (primary N) is 2. The summed E-state index contributed by atoms with van der Waals surface area (Å²) in [6.45, 7) is 1.57. The summed E-state index contributed by atoms with van der Waals surface area (Å²) in [5, 5.41) is 9.36. The minimum absolute atomic E-state index is 0.112. The Balaban J connectivity index is 2.49. The van der Waals surface area contributed by atoms with E-state index in [1.807, 2.05) is 0 Å². The molecule has 5 N–H and O–H groups in total. The third-order valence-corrected chi connectivity index (χ3v) is 3.13. The van der Waals surface area contributed by atoms with Gasteiger partial charge in [0.25, 0.3) is 5.91 Å². The lowest BCUT2D eigenvalue weighted by Crippen LogP contribution is -2.24. The van der Waals surface area contributed by atoms with Gasteiger partial charge in [-0.25, -0.2) is 4.39 Å². The number of amides is 1. The van der Waals surface area contributed by atoms with Gasteiger partial charge in [-0.05, 0) is 54.0 Å². The number of hydrogen-bond donors (Lipinski definition) is 3. The number of rotatable bonds is 3. The summed E-state index contributed by atoms with van der Waals surface area (Å²) in [7, 11) is 0. The highest BCUT2D eigenvalue weighted by Gasteiger charge is 2.09. The van der Waals surface area contributed by atoms with Crippen LogP contribution in [0.3, 0.4) is 0 Å². The summed E-state index contributed by atoms with van der Waals surface area (Å²) in [4.78, 5) is 15.3. The highest BCUT2D eigenvalue weighted by atomic mass is 19.1. The lowest BCUT2D eigenvalue weighted by molar-refractivity contribution is -0.114. The Morgan fingerprint density at radius 3 is 2.43 bits per heavy atom. The summed E-state index contributed by atoms with van der Waals surface area (Å²) in [6, 6.07) is 10.5. The third-order valence-electron chi connectivity index (χ3n) is 3.13. The molecule has 0 spiro atoms. The number of aromatic hydroxyl groups is 1. The van der Waals surface area contributed by atoms with E-state index in [1.165, 1.54) is 24.3 Å². The molecule has 0 unspecified atom stereocenters. The second kappa shape index (κ2) is 6.74. The van der Waals surface area contributed by atoms with Gasteiger partial charge >= 0.3 is 0 Å². The molecular weight excluding hydrogens is 297 g/mol. The van der Waals surface area contributed by atoms with Crippen molar-refractivity contribution in [2.45, 2.75) is 6.92 Å². The van der Waals surface area contributed by atoms with Crippen molar-refractivity contribution in [3.05, 3.63) is 59.4 Å². The molecule has 0 saturated heterocycles. The first-order valence-electron chi connectivity index (χ1n) is 6.78. The van der Waals surface area contributed by atoms with Crippen LogP contribution in [0.1, 0.15) is 12.5 Å². The highest BCUT2D eigenvalue weighted by Crippen LogP contribution is 2.28. The van der Waals surface area contributed by atoms with E-state index in [4.69, 9.17) is 11.5 Å². The Hall–Kier alpha value is -3.15. The summed E-state index contributed by atoms with van der Waals surface area (Å²) in [6.07, 6.45) is 1.58.